The van der Waals surface area contributed by atoms with Crippen LogP contribution in [0.5, 0.6) is 5.75 Å². The quantitative estimate of drug-likeness (QED) is 0.252. The van der Waals surface area contributed by atoms with Gasteiger partial charge in [-0.3, -0.25) is 9.36 Å². The summed E-state index contributed by atoms with van der Waals surface area (Å²) >= 11 is 0. The Morgan fingerprint density at radius 2 is 1.50 bits per heavy atom. The zero-order valence-electron chi connectivity index (χ0n) is 22.0. The second-order valence-electron chi connectivity index (χ2n) is 9.56. The van der Waals surface area contributed by atoms with Crippen LogP contribution in [0.3, 0.4) is 0 Å². The number of imidazole rings is 1. The molecule has 6 aromatic rings. The molecular weight excluding hydrogens is 500 g/mol. The van der Waals surface area contributed by atoms with Gasteiger partial charge in [0.2, 0.25) is 0 Å². The van der Waals surface area contributed by atoms with Crippen LogP contribution in [0, 0.1) is 0 Å². The third-order valence-electron chi connectivity index (χ3n) is 7.10. The Hall–Kier alpha value is -5.17. The Bertz CT molecular complexity index is 1860. The van der Waals surface area contributed by atoms with E-state index in [9.17, 15) is 9.59 Å². The summed E-state index contributed by atoms with van der Waals surface area (Å²) in [5.41, 5.74) is 3.77. The predicted octanol–water partition coefficient (Wildman–Crippen LogP) is 6.63. The van der Waals surface area contributed by atoms with Crippen molar-refractivity contribution in [3.63, 3.8) is 0 Å². The third kappa shape index (κ3) is 4.73. The van der Waals surface area contributed by atoms with Gasteiger partial charge in [0.05, 0.1) is 41.0 Å². The lowest BCUT2D eigenvalue weighted by atomic mass is 10.1. The van der Waals surface area contributed by atoms with E-state index in [4.69, 9.17) is 4.74 Å². The van der Waals surface area contributed by atoms with Crippen molar-refractivity contribution in [3.05, 3.63) is 137 Å². The highest BCUT2D eigenvalue weighted by Gasteiger charge is 2.23. The largest absolute Gasteiger partial charge is 0.413 e. The Balaban J connectivity index is 1.52. The van der Waals surface area contributed by atoms with Gasteiger partial charge >= 0.3 is 6.09 Å². The highest BCUT2D eigenvalue weighted by molar-refractivity contribution is 5.91. The van der Waals surface area contributed by atoms with E-state index < -0.39 is 6.09 Å². The number of ether oxygens (including phenoxy) is 1. The molecule has 0 fully saturated rings. The number of carbonyl (C=O) groups is 1. The van der Waals surface area contributed by atoms with Crippen molar-refractivity contribution in [2.75, 3.05) is 0 Å². The van der Waals surface area contributed by atoms with Crippen LogP contribution in [0.1, 0.15) is 30.6 Å². The van der Waals surface area contributed by atoms with Gasteiger partial charge in [0.15, 0.2) is 5.75 Å². The highest BCUT2D eigenvalue weighted by atomic mass is 16.6. The molecule has 7 heteroatoms. The van der Waals surface area contributed by atoms with Crippen molar-refractivity contribution >= 4 is 27.9 Å². The van der Waals surface area contributed by atoms with Crippen LogP contribution in [0.25, 0.3) is 27.5 Å². The van der Waals surface area contributed by atoms with Crippen LogP contribution in [-0.2, 0) is 6.54 Å². The lowest BCUT2D eigenvalue weighted by Gasteiger charge is -2.22. The zero-order valence-corrected chi connectivity index (χ0v) is 22.0. The van der Waals surface area contributed by atoms with Crippen LogP contribution in [0.15, 0.2) is 120 Å². The third-order valence-corrected chi connectivity index (χ3v) is 7.10. The van der Waals surface area contributed by atoms with Gasteiger partial charge < -0.3 is 14.6 Å². The summed E-state index contributed by atoms with van der Waals surface area (Å²) in [6.45, 7) is 2.27. The molecule has 4 aromatic carbocycles. The molecule has 0 saturated heterocycles. The van der Waals surface area contributed by atoms with Gasteiger partial charge in [0.1, 0.15) is 0 Å². The number of nitrogens with one attached hydrogen (secondary N) is 1. The topological polar surface area (TPSA) is 78.2 Å². The molecule has 1 N–H and O–H groups in total. The molecule has 1 atom stereocenters. The number of fused-ring (bicyclic) bond motifs is 2. The van der Waals surface area contributed by atoms with Gasteiger partial charge in [-0.05, 0) is 42.3 Å². The van der Waals surface area contributed by atoms with Crippen LogP contribution in [0.2, 0.25) is 0 Å². The maximum absolute atomic E-state index is 14.0. The Morgan fingerprint density at radius 3 is 2.25 bits per heavy atom. The molecule has 0 aliphatic rings. The Labute approximate surface area is 231 Å². The molecule has 0 unspecified atom stereocenters. The molecule has 198 valence electrons. The van der Waals surface area contributed by atoms with Crippen molar-refractivity contribution < 1.29 is 9.53 Å². The molecule has 40 heavy (non-hydrogen) atoms. The van der Waals surface area contributed by atoms with E-state index in [0.29, 0.717) is 34.3 Å². The van der Waals surface area contributed by atoms with Gasteiger partial charge in [-0.2, -0.15) is 0 Å². The van der Waals surface area contributed by atoms with Crippen LogP contribution in [0.4, 0.5) is 4.79 Å². The summed E-state index contributed by atoms with van der Waals surface area (Å²) in [6.07, 6.45) is 1.85. The maximum Gasteiger partial charge on any atom is 0.413 e. The average Bonchev–Trinajstić information content (AvgIpc) is 3.41. The molecule has 2 heterocycles. The van der Waals surface area contributed by atoms with Gasteiger partial charge in [-0.25, -0.2) is 9.78 Å². The first-order chi connectivity index (χ1) is 19.6. The molecule has 0 aliphatic carbocycles. The molecule has 2 aromatic heterocycles. The lowest BCUT2D eigenvalue weighted by molar-refractivity contribution is 0.195. The number of aromatic nitrogens is 3. The highest BCUT2D eigenvalue weighted by Crippen LogP contribution is 2.31. The average molecular weight is 529 g/mol. The van der Waals surface area contributed by atoms with E-state index in [2.05, 4.69) is 10.3 Å². The maximum atomic E-state index is 14.0. The van der Waals surface area contributed by atoms with Crippen LogP contribution in [-0.4, -0.2) is 20.2 Å². The first-order valence-corrected chi connectivity index (χ1v) is 13.3. The van der Waals surface area contributed by atoms with Crippen molar-refractivity contribution in [2.24, 2.45) is 0 Å². The van der Waals surface area contributed by atoms with Crippen LogP contribution >= 0.6 is 0 Å². The second kappa shape index (κ2) is 10.9. The number of benzene rings is 4. The van der Waals surface area contributed by atoms with E-state index >= 15 is 0 Å². The molecule has 0 spiro atoms. The molecule has 0 radical (unpaired) electrons. The van der Waals surface area contributed by atoms with Crippen molar-refractivity contribution in [3.8, 4) is 11.4 Å². The van der Waals surface area contributed by atoms with Crippen LogP contribution < -0.4 is 15.6 Å². The SMILES string of the molecule is CC[C@H](NC(=O)Oc1c(Cn2cnc3ccccc32)n(-c2ccccc2)c(=O)c2ccccc12)c1ccccc1. The fourth-order valence-corrected chi connectivity index (χ4v) is 5.14. The van der Waals surface area contributed by atoms with Gasteiger partial charge in [0.25, 0.3) is 5.56 Å². The zero-order chi connectivity index (χ0) is 27.5. The van der Waals surface area contributed by atoms with E-state index in [1.54, 1.807) is 17.0 Å². The smallest absolute Gasteiger partial charge is 0.408 e. The predicted molar refractivity (Wildman–Crippen MR) is 157 cm³/mol. The van der Waals surface area contributed by atoms with E-state index in [1.807, 2.05) is 115 Å². The number of hydrogen-bond donors (Lipinski definition) is 1. The fraction of sp³-hybridized carbons (Fsp3) is 0.121. The summed E-state index contributed by atoms with van der Waals surface area (Å²) in [7, 11) is 0. The Morgan fingerprint density at radius 1 is 0.850 bits per heavy atom. The minimum atomic E-state index is -0.587. The minimum Gasteiger partial charge on any atom is -0.408 e. The van der Waals surface area contributed by atoms with Gasteiger partial charge in [-0.15, -0.1) is 0 Å². The Kier molecular flexibility index (Phi) is 6.85. The van der Waals surface area contributed by atoms with Gasteiger partial charge in [-0.1, -0.05) is 85.8 Å². The van der Waals surface area contributed by atoms with Crippen molar-refractivity contribution in [1.82, 2.24) is 19.4 Å². The normalized spacial score (nSPS) is 11.9. The van der Waals surface area contributed by atoms with E-state index in [0.717, 1.165) is 16.6 Å². The molecule has 6 rings (SSSR count). The number of carbonyl (C=O) groups excluding carboxylic acids is 1. The minimum absolute atomic E-state index is 0.190. The fourth-order valence-electron chi connectivity index (χ4n) is 5.14. The summed E-state index contributed by atoms with van der Waals surface area (Å²) in [6, 6.07) is 34.0. The number of pyridine rings is 1. The van der Waals surface area contributed by atoms with Crippen molar-refractivity contribution in [2.45, 2.75) is 25.9 Å². The van der Waals surface area contributed by atoms with E-state index in [1.165, 1.54) is 0 Å². The first-order valence-electron chi connectivity index (χ1n) is 13.3. The van der Waals surface area contributed by atoms with Crippen molar-refractivity contribution in [1.29, 1.82) is 0 Å². The monoisotopic (exact) mass is 528 g/mol. The summed E-state index contributed by atoms with van der Waals surface area (Å²) in [5, 5.41) is 4.05. The summed E-state index contributed by atoms with van der Waals surface area (Å²) in [4.78, 5) is 32.0. The standard InChI is InChI=1S/C33H28N4O3/c1-2-27(23-13-5-3-6-14-23)35-33(39)40-31-25-17-9-10-18-26(25)32(38)37(24-15-7-4-8-16-24)30(31)21-36-22-34-28-19-11-12-20-29(28)36/h3-20,22,27H,2,21H2,1H3,(H,35,39)/t27-/m0/s1. The molecule has 0 bridgehead atoms. The van der Waals surface area contributed by atoms with E-state index in [-0.39, 0.29) is 18.1 Å². The number of nitrogens with zero attached hydrogens (tertiary/aromatic N) is 3. The number of hydrogen-bond acceptors (Lipinski definition) is 4. The number of para-hydroxylation sites is 3. The second-order valence-corrected chi connectivity index (χ2v) is 9.56. The summed E-state index contributed by atoms with van der Waals surface area (Å²) < 4.78 is 9.74. The van der Waals surface area contributed by atoms with Gasteiger partial charge in [0, 0.05) is 11.1 Å². The number of rotatable bonds is 7. The molecule has 1 amide bonds. The molecule has 0 saturated carbocycles. The molecule has 0 aliphatic heterocycles. The summed E-state index contributed by atoms with van der Waals surface area (Å²) in [5.74, 6) is 0.331. The molecule has 7 nitrogen and oxygen atoms in total. The number of amides is 1. The first kappa shape index (κ1) is 25.1. The molecular formula is C33H28N4O3. The lowest BCUT2D eigenvalue weighted by Crippen LogP contribution is -2.32.